The molecule has 0 saturated carbocycles. The Hall–Kier alpha value is 0.700. The summed E-state index contributed by atoms with van der Waals surface area (Å²) in [6.07, 6.45) is 2.05. The molecular weight excluding hydrogens is 141 g/mol. The average molecular weight is 153 g/mol. The standard InChI is InChI=1S/C4H12NOPS/c1-5(2)7(6-3)8-4/h1-4H3. The molecule has 1 atom stereocenters. The molecule has 2 nitrogen and oxygen atoms in total. The van der Waals surface area contributed by atoms with Crippen LogP contribution in [0, 0.1) is 0 Å². The summed E-state index contributed by atoms with van der Waals surface area (Å²) >= 11 is 1.75. The van der Waals surface area contributed by atoms with E-state index < -0.39 is 0 Å². The third-order valence-electron chi connectivity index (χ3n) is 0.639. The molecular formula is C4H12NOPS. The van der Waals surface area contributed by atoms with Crippen molar-refractivity contribution in [1.29, 1.82) is 0 Å². The minimum Gasteiger partial charge on any atom is -0.339 e. The summed E-state index contributed by atoms with van der Waals surface area (Å²) in [4.78, 5) is 0. The lowest BCUT2D eigenvalue weighted by molar-refractivity contribution is 0.432. The highest BCUT2D eigenvalue weighted by Crippen LogP contribution is 2.49. The van der Waals surface area contributed by atoms with Gasteiger partial charge >= 0.3 is 0 Å². The lowest BCUT2D eigenvalue weighted by atomic mass is 11.3. The Labute approximate surface area is 56.2 Å². The van der Waals surface area contributed by atoms with E-state index in [1.165, 1.54) is 0 Å². The van der Waals surface area contributed by atoms with Gasteiger partial charge in [-0.05, 0) is 20.4 Å². The summed E-state index contributed by atoms with van der Waals surface area (Å²) in [7, 11) is 5.41. The van der Waals surface area contributed by atoms with Crippen LogP contribution in [-0.2, 0) is 4.52 Å². The van der Waals surface area contributed by atoms with E-state index in [4.69, 9.17) is 4.52 Å². The second kappa shape index (κ2) is 4.57. The van der Waals surface area contributed by atoms with Gasteiger partial charge in [0.2, 0.25) is 0 Å². The minimum atomic E-state index is -0.365. The zero-order chi connectivity index (χ0) is 6.57. The van der Waals surface area contributed by atoms with Crippen LogP contribution in [0.2, 0.25) is 0 Å². The molecule has 0 aromatic rings. The largest absolute Gasteiger partial charge is 0.339 e. The predicted octanol–water partition coefficient (Wildman–Crippen LogP) is 1.78. The van der Waals surface area contributed by atoms with E-state index >= 15 is 0 Å². The molecule has 0 aliphatic heterocycles. The van der Waals surface area contributed by atoms with Crippen molar-refractivity contribution >= 4 is 18.9 Å². The van der Waals surface area contributed by atoms with Crippen molar-refractivity contribution in [2.24, 2.45) is 0 Å². The summed E-state index contributed by atoms with van der Waals surface area (Å²) in [5.74, 6) is 0. The second-order valence-corrected chi connectivity index (χ2v) is 5.49. The molecule has 0 radical (unpaired) electrons. The molecule has 0 rings (SSSR count). The van der Waals surface area contributed by atoms with Gasteiger partial charge < -0.3 is 4.52 Å². The van der Waals surface area contributed by atoms with Gasteiger partial charge in [0.15, 0.2) is 7.50 Å². The lowest BCUT2D eigenvalue weighted by Crippen LogP contribution is -2.01. The van der Waals surface area contributed by atoms with Crippen LogP contribution in [0.25, 0.3) is 0 Å². The van der Waals surface area contributed by atoms with Gasteiger partial charge in [-0.25, -0.2) is 0 Å². The van der Waals surface area contributed by atoms with Crippen molar-refractivity contribution in [3.05, 3.63) is 0 Å². The fourth-order valence-electron chi connectivity index (χ4n) is 0.401. The maximum atomic E-state index is 5.11. The van der Waals surface area contributed by atoms with Crippen molar-refractivity contribution in [1.82, 2.24) is 4.67 Å². The minimum absolute atomic E-state index is 0.365. The zero-order valence-corrected chi connectivity index (χ0v) is 7.42. The second-order valence-electron chi connectivity index (χ2n) is 1.45. The maximum Gasteiger partial charge on any atom is 0.168 e. The third kappa shape index (κ3) is 2.88. The molecule has 0 aliphatic rings. The monoisotopic (exact) mass is 153 g/mol. The molecule has 0 spiro atoms. The van der Waals surface area contributed by atoms with Crippen molar-refractivity contribution in [2.75, 3.05) is 27.5 Å². The van der Waals surface area contributed by atoms with E-state index in [0.717, 1.165) is 0 Å². The number of hydrogen-bond acceptors (Lipinski definition) is 3. The molecule has 4 heteroatoms. The lowest BCUT2D eigenvalue weighted by Gasteiger charge is -2.17. The summed E-state index contributed by atoms with van der Waals surface area (Å²) < 4.78 is 7.20. The highest BCUT2D eigenvalue weighted by Gasteiger charge is 2.05. The van der Waals surface area contributed by atoms with Crippen LogP contribution in [0.15, 0.2) is 0 Å². The zero-order valence-electron chi connectivity index (χ0n) is 5.71. The number of hydrogen-bond donors (Lipinski definition) is 0. The Morgan fingerprint density at radius 2 is 2.00 bits per heavy atom. The molecule has 0 aromatic carbocycles. The van der Waals surface area contributed by atoms with Crippen LogP contribution in [-0.4, -0.2) is 32.1 Å². The van der Waals surface area contributed by atoms with Gasteiger partial charge in [0.1, 0.15) is 0 Å². The first-order valence-corrected chi connectivity index (χ1v) is 5.32. The molecule has 0 saturated heterocycles. The van der Waals surface area contributed by atoms with Gasteiger partial charge in [-0.2, -0.15) is 0 Å². The SMILES string of the molecule is COP(SC)N(C)C. The molecule has 1 unspecified atom stereocenters. The van der Waals surface area contributed by atoms with Gasteiger partial charge in [0, 0.05) is 7.11 Å². The van der Waals surface area contributed by atoms with E-state index in [2.05, 4.69) is 10.9 Å². The van der Waals surface area contributed by atoms with Gasteiger partial charge in [-0.15, -0.1) is 0 Å². The van der Waals surface area contributed by atoms with Crippen LogP contribution in [0.3, 0.4) is 0 Å². The van der Waals surface area contributed by atoms with Crippen LogP contribution in [0.5, 0.6) is 0 Å². The Morgan fingerprint density at radius 3 is 2.00 bits per heavy atom. The van der Waals surface area contributed by atoms with E-state index in [-0.39, 0.29) is 7.50 Å². The number of rotatable bonds is 3. The molecule has 0 bridgehead atoms. The smallest absolute Gasteiger partial charge is 0.168 e. The van der Waals surface area contributed by atoms with E-state index in [1.807, 2.05) is 14.1 Å². The van der Waals surface area contributed by atoms with Gasteiger partial charge in [-0.3, -0.25) is 4.67 Å². The van der Waals surface area contributed by atoms with Crippen LogP contribution < -0.4 is 0 Å². The van der Waals surface area contributed by atoms with Gasteiger partial charge in [0.25, 0.3) is 0 Å². The van der Waals surface area contributed by atoms with E-state index in [0.29, 0.717) is 0 Å². The molecule has 0 aliphatic carbocycles. The Kier molecular flexibility index (Phi) is 4.97. The number of nitrogens with zero attached hydrogens (tertiary/aromatic N) is 1. The average Bonchev–Trinajstić information content (AvgIpc) is 1.69. The summed E-state index contributed by atoms with van der Waals surface area (Å²) in [5.41, 5.74) is 0. The van der Waals surface area contributed by atoms with Crippen molar-refractivity contribution in [2.45, 2.75) is 0 Å². The van der Waals surface area contributed by atoms with E-state index in [9.17, 15) is 0 Å². The first-order valence-electron chi connectivity index (χ1n) is 2.28. The molecule has 0 heterocycles. The molecule has 0 amide bonds. The third-order valence-corrected chi connectivity index (χ3v) is 4.28. The maximum absolute atomic E-state index is 5.11. The molecule has 8 heavy (non-hydrogen) atoms. The van der Waals surface area contributed by atoms with Gasteiger partial charge in [-0.1, -0.05) is 11.4 Å². The van der Waals surface area contributed by atoms with Crippen molar-refractivity contribution in [3.63, 3.8) is 0 Å². The van der Waals surface area contributed by atoms with Crippen LogP contribution in [0.4, 0.5) is 0 Å². The first kappa shape index (κ1) is 8.70. The Morgan fingerprint density at radius 1 is 1.50 bits per heavy atom. The van der Waals surface area contributed by atoms with Crippen LogP contribution in [0.1, 0.15) is 0 Å². The summed E-state index contributed by atoms with van der Waals surface area (Å²) in [5, 5.41) is 0. The highest BCUT2D eigenvalue weighted by atomic mass is 32.7. The quantitative estimate of drug-likeness (QED) is 0.573. The van der Waals surface area contributed by atoms with Crippen molar-refractivity contribution < 1.29 is 4.52 Å². The summed E-state index contributed by atoms with van der Waals surface area (Å²) in [6.45, 7) is 0. The van der Waals surface area contributed by atoms with Gasteiger partial charge in [0.05, 0.1) is 0 Å². The molecule has 0 fully saturated rings. The predicted molar refractivity (Wildman–Crippen MR) is 41.1 cm³/mol. The highest BCUT2D eigenvalue weighted by molar-refractivity contribution is 8.53. The topological polar surface area (TPSA) is 12.5 Å². The molecule has 0 N–H and O–H groups in total. The van der Waals surface area contributed by atoms with Crippen LogP contribution >= 0.6 is 18.9 Å². The van der Waals surface area contributed by atoms with Crippen molar-refractivity contribution in [3.8, 4) is 0 Å². The molecule has 0 aromatic heterocycles. The fraction of sp³-hybridized carbons (Fsp3) is 1.00. The molecule has 50 valence electrons. The normalized spacial score (nSPS) is 14.6. The Balaban J connectivity index is 3.35. The first-order chi connectivity index (χ1) is 3.72. The fourth-order valence-corrected chi connectivity index (χ4v) is 2.63. The van der Waals surface area contributed by atoms with E-state index in [1.54, 1.807) is 18.5 Å². The Bertz CT molecular complexity index is 58.0. The summed E-state index contributed by atoms with van der Waals surface area (Å²) in [6, 6.07) is 0.